The van der Waals surface area contributed by atoms with Crippen molar-refractivity contribution in [2.24, 2.45) is 0 Å². The van der Waals surface area contributed by atoms with E-state index in [1.807, 2.05) is 0 Å². The Hall–Kier alpha value is -4.71. The molecule has 4 aromatic rings. The lowest BCUT2D eigenvalue weighted by Crippen LogP contribution is -2.42. The number of benzene rings is 1. The number of aromatic nitrogens is 5. The molecule has 4 heterocycles. The molecule has 1 aliphatic heterocycles. The number of anilines is 3. The third-order valence-electron chi connectivity index (χ3n) is 6.02. The van der Waals surface area contributed by atoms with Crippen LogP contribution in [-0.2, 0) is 19.6 Å². The van der Waals surface area contributed by atoms with Crippen molar-refractivity contribution in [2.75, 3.05) is 21.9 Å². The molecule has 214 valence electrons. The van der Waals surface area contributed by atoms with Gasteiger partial charge in [0.1, 0.15) is 18.5 Å². The van der Waals surface area contributed by atoms with Crippen LogP contribution in [0.4, 0.5) is 22.0 Å². The fourth-order valence-corrected chi connectivity index (χ4v) is 5.12. The molecule has 1 fully saturated rings. The van der Waals surface area contributed by atoms with Gasteiger partial charge in [-0.25, -0.2) is 24.7 Å². The van der Waals surface area contributed by atoms with Gasteiger partial charge in [-0.1, -0.05) is 6.07 Å². The van der Waals surface area contributed by atoms with E-state index in [4.69, 9.17) is 4.74 Å². The molecule has 6 N–H and O–H groups in total. The van der Waals surface area contributed by atoms with Gasteiger partial charge in [0.25, 0.3) is 15.9 Å². The Morgan fingerprint density at radius 1 is 0.976 bits per heavy atom. The molecule has 4 unspecified atom stereocenters. The van der Waals surface area contributed by atoms with E-state index >= 15 is 0 Å². The first kappa shape index (κ1) is 27.8. The van der Waals surface area contributed by atoms with E-state index in [0.717, 1.165) is 6.33 Å². The SMILES string of the molecule is CCNC(=O)C1OC(n2cnc3c(NC(=O)Nc4ccc(NS(=O)(=O)c5ccccn5)cc4)ncnc32)C(O)C1O. The van der Waals surface area contributed by atoms with Crippen LogP contribution < -0.4 is 20.7 Å². The third-order valence-corrected chi connectivity index (χ3v) is 7.32. The highest BCUT2D eigenvalue weighted by atomic mass is 32.2. The molecule has 3 aromatic heterocycles. The number of pyridine rings is 1. The van der Waals surface area contributed by atoms with Gasteiger partial charge in [0, 0.05) is 24.1 Å². The summed E-state index contributed by atoms with van der Waals surface area (Å²) in [5.74, 6) is -0.530. The van der Waals surface area contributed by atoms with Crippen molar-refractivity contribution in [3.8, 4) is 0 Å². The van der Waals surface area contributed by atoms with Crippen LogP contribution in [-0.4, -0.2) is 79.9 Å². The maximum Gasteiger partial charge on any atom is 0.324 e. The number of nitrogens with one attached hydrogen (secondary N) is 4. The molecule has 3 amide bonds. The first-order chi connectivity index (χ1) is 19.7. The molecular weight excluding hydrogens is 558 g/mol. The van der Waals surface area contributed by atoms with Crippen LogP contribution >= 0.6 is 0 Å². The van der Waals surface area contributed by atoms with Crippen LogP contribution in [0.3, 0.4) is 0 Å². The van der Waals surface area contributed by atoms with E-state index < -0.39 is 46.5 Å². The number of sulfonamides is 1. The summed E-state index contributed by atoms with van der Waals surface area (Å²) in [6.45, 7) is 2.03. The number of hydrogen-bond acceptors (Lipinski definition) is 11. The van der Waals surface area contributed by atoms with Crippen molar-refractivity contribution < 1.29 is 33.0 Å². The maximum absolute atomic E-state index is 12.7. The summed E-state index contributed by atoms with van der Waals surface area (Å²) in [5.41, 5.74) is 0.953. The quantitative estimate of drug-likeness (QED) is 0.167. The van der Waals surface area contributed by atoms with Crippen molar-refractivity contribution in [3.63, 3.8) is 0 Å². The Bertz CT molecular complexity index is 1670. The number of likely N-dealkylation sites (N-methyl/N-ethyl adjacent to an activating group) is 1. The number of aliphatic hydroxyl groups excluding tert-OH is 2. The topological polar surface area (TPSA) is 223 Å². The highest BCUT2D eigenvalue weighted by Gasteiger charge is 2.47. The number of imidazole rings is 1. The number of carbonyl (C=O) groups excluding carboxylic acids is 2. The molecule has 1 saturated heterocycles. The predicted molar refractivity (Wildman–Crippen MR) is 144 cm³/mol. The largest absolute Gasteiger partial charge is 0.387 e. The van der Waals surface area contributed by atoms with Gasteiger partial charge in [-0.2, -0.15) is 8.42 Å². The van der Waals surface area contributed by atoms with Crippen LogP contribution in [0, 0.1) is 0 Å². The summed E-state index contributed by atoms with van der Waals surface area (Å²) in [6.07, 6.45) is -1.58. The average molecular weight is 584 g/mol. The van der Waals surface area contributed by atoms with Crippen LogP contribution in [0.1, 0.15) is 13.2 Å². The monoisotopic (exact) mass is 583 g/mol. The van der Waals surface area contributed by atoms with Gasteiger partial charge in [-0.05, 0) is 43.3 Å². The van der Waals surface area contributed by atoms with Gasteiger partial charge >= 0.3 is 6.03 Å². The van der Waals surface area contributed by atoms with Gasteiger partial charge < -0.3 is 25.6 Å². The van der Waals surface area contributed by atoms with Crippen LogP contribution in [0.15, 0.2) is 66.3 Å². The zero-order valence-corrected chi connectivity index (χ0v) is 22.2. The van der Waals surface area contributed by atoms with Crippen molar-refractivity contribution in [1.29, 1.82) is 0 Å². The Morgan fingerprint density at radius 2 is 1.73 bits per heavy atom. The zero-order chi connectivity index (χ0) is 29.1. The minimum atomic E-state index is -3.87. The average Bonchev–Trinajstić information content (AvgIpc) is 3.51. The summed E-state index contributed by atoms with van der Waals surface area (Å²) >= 11 is 0. The second kappa shape index (κ2) is 11.4. The number of fused-ring (bicyclic) bond motifs is 1. The number of rotatable bonds is 8. The van der Waals surface area contributed by atoms with Gasteiger partial charge in [0.2, 0.25) is 0 Å². The summed E-state index contributed by atoms with van der Waals surface area (Å²) in [7, 11) is -3.87. The second-order valence-electron chi connectivity index (χ2n) is 8.80. The molecule has 1 aliphatic rings. The molecule has 16 nitrogen and oxygen atoms in total. The standard InChI is InChI=1S/C24H25N9O7S/c1-2-25-22(36)19-17(34)18(35)23(40-19)33-12-29-16-20(27-11-28-21(16)33)31-24(37)30-13-6-8-14(9-7-13)32-41(38,39)15-5-3-4-10-26-15/h3-12,17-19,23,32,34-35H,2H2,1H3,(H,25,36)(H2,27,28,30,31,37). The van der Waals surface area contributed by atoms with Gasteiger partial charge in [-0.15, -0.1) is 0 Å². The van der Waals surface area contributed by atoms with Crippen molar-refractivity contribution in [1.82, 2.24) is 29.8 Å². The molecule has 4 atom stereocenters. The van der Waals surface area contributed by atoms with Crippen molar-refractivity contribution in [2.45, 2.75) is 36.5 Å². The first-order valence-electron chi connectivity index (χ1n) is 12.3. The molecule has 5 rings (SSSR count). The van der Waals surface area contributed by atoms with Crippen LogP contribution in [0.2, 0.25) is 0 Å². The summed E-state index contributed by atoms with van der Waals surface area (Å²) < 4.78 is 34.2. The number of aliphatic hydroxyl groups is 2. The van der Waals surface area contributed by atoms with Crippen LogP contribution in [0.25, 0.3) is 11.2 Å². The minimum Gasteiger partial charge on any atom is -0.387 e. The molecule has 0 aliphatic carbocycles. The van der Waals surface area contributed by atoms with E-state index in [1.165, 1.54) is 47.4 Å². The van der Waals surface area contributed by atoms with E-state index in [2.05, 4.69) is 40.6 Å². The highest BCUT2D eigenvalue weighted by molar-refractivity contribution is 7.92. The number of urea groups is 1. The molecular formula is C24H25N9O7S. The predicted octanol–water partition coefficient (Wildman–Crippen LogP) is 0.421. The molecule has 41 heavy (non-hydrogen) atoms. The Labute approximate surface area is 232 Å². The Balaban J connectivity index is 1.26. The van der Waals surface area contributed by atoms with Crippen molar-refractivity contribution >= 4 is 50.3 Å². The van der Waals surface area contributed by atoms with Gasteiger partial charge in [0.15, 0.2) is 34.3 Å². The second-order valence-corrected chi connectivity index (χ2v) is 10.4. The molecule has 0 bridgehead atoms. The maximum atomic E-state index is 12.7. The number of hydrogen-bond donors (Lipinski definition) is 6. The molecule has 0 radical (unpaired) electrons. The molecule has 17 heteroatoms. The third kappa shape index (κ3) is 5.78. The van der Waals surface area contributed by atoms with E-state index in [9.17, 15) is 28.2 Å². The van der Waals surface area contributed by atoms with E-state index in [1.54, 1.807) is 19.1 Å². The number of ether oxygens (including phenoxy) is 1. The lowest BCUT2D eigenvalue weighted by atomic mass is 10.1. The van der Waals surface area contributed by atoms with E-state index in [0.29, 0.717) is 12.2 Å². The van der Waals surface area contributed by atoms with Gasteiger partial charge in [-0.3, -0.25) is 19.4 Å². The normalized spacial score (nSPS) is 20.5. The van der Waals surface area contributed by atoms with Gasteiger partial charge in [0.05, 0.1) is 6.33 Å². The Kier molecular flexibility index (Phi) is 7.75. The molecule has 0 saturated carbocycles. The van der Waals surface area contributed by atoms with Crippen molar-refractivity contribution in [3.05, 3.63) is 61.3 Å². The number of carbonyl (C=O) groups is 2. The fourth-order valence-electron chi connectivity index (χ4n) is 4.12. The highest BCUT2D eigenvalue weighted by Crippen LogP contribution is 2.32. The number of amides is 3. The van der Waals surface area contributed by atoms with Crippen LogP contribution in [0.5, 0.6) is 0 Å². The number of nitrogens with zero attached hydrogens (tertiary/aromatic N) is 5. The molecule has 1 aromatic carbocycles. The zero-order valence-electron chi connectivity index (χ0n) is 21.4. The summed E-state index contributed by atoms with van der Waals surface area (Å²) in [5, 5.41) is 28.4. The molecule has 0 spiro atoms. The lowest BCUT2D eigenvalue weighted by Gasteiger charge is -2.16. The first-order valence-corrected chi connectivity index (χ1v) is 13.7. The summed E-state index contributed by atoms with van der Waals surface area (Å²) in [6, 6.07) is 9.78. The summed E-state index contributed by atoms with van der Waals surface area (Å²) in [4.78, 5) is 41.1. The smallest absolute Gasteiger partial charge is 0.324 e. The minimum absolute atomic E-state index is 0.0410. The fraction of sp³-hybridized carbons (Fsp3) is 0.250. The Morgan fingerprint density at radius 3 is 2.44 bits per heavy atom. The lowest BCUT2D eigenvalue weighted by molar-refractivity contribution is -0.137. The van der Waals surface area contributed by atoms with E-state index in [-0.39, 0.29) is 27.7 Å².